The maximum atomic E-state index is 12.7. The number of amides is 2. The van der Waals surface area contributed by atoms with Crippen molar-refractivity contribution in [2.24, 2.45) is 11.7 Å². The molecule has 2 amide bonds. The Morgan fingerprint density at radius 1 is 1.18 bits per heavy atom. The lowest BCUT2D eigenvalue weighted by molar-refractivity contribution is -0.144. The fourth-order valence-electron chi connectivity index (χ4n) is 4.05. The van der Waals surface area contributed by atoms with Crippen LogP contribution in [0.2, 0.25) is 0 Å². The molecular formula is C21H32ClN3O3. The molecule has 0 spiro atoms. The minimum atomic E-state index is -0.537. The van der Waals surface area contributed by atoms with Gasteiger partial charge in [-0.05, 0) is 50.3 Å². The monoisotopic (exact) mass is 409 g/mol. The molecule has 156 valence electrons. The number of halogens is 1. The molecule has 1 heterocycles. The smallest absolute Gasteiger partial charge is 0.263 e. The van der Waals surface area contributed by atoms with E-state index in [4.69, 9.17) is 10.5 Å². The first kappa shape index (κ1) is 22.5. The van der Waals surface area contributed by atoms with Gasteiger partial charge in [-0.25, -0.2) is 0 Å². The third-order valence-corrected chi connectivity index (χ3v) is 5.75. The number of rotatable bonds is 5. The lowest BCUT2D eigenvalue weighted by Crippen LogP contribution is -2.53. The predicted octanol–water partition coefficient (Wildman–Crippen LogP) is 2.37. The number of piperazine rings is 1. The van der Waals surface area contributed by atoms with Crippen LogP contribution in [0.5, 0.6) is 5.75 Å². The Hall–Kier alpha value is -1.79. The molecule has 3 atom stereocenters. The van der Waals surface area contributed by atoms with Crippen molar-refractivity contribution in [3.8, 4) is 5.75 Å². The Kier molecular flexibility index (Phi) is 8.13. The Labute approximate surface area is 173 Å². The molecule has 0 aromatic heterocycles. The third kappa shape index (κ3) is 5.61. The highest BCUT2D eigenvalue weighted by atomic mass is 35.5. The van der Waals surface area contributed by atoms with Crippen LogP contribution < -0.4 is 10.5 Å². The van der Waals surface area contributed by atoms with Gasteiger partial charge in [0.05, 0.1) is 0 Å². The van der Waals surface area contributed by atoms with E-state index in [1.54, 1.807) is 11.8 Å². The van der Waals surface area contributed by atoms with E-state index >= 15 is 0 Å². The quantitative estimate of drug-likeness (QED) is 0.810. The van der Waals surface area contributed by atoms with Crippen LogP contribution in [0.4, 0.5) is 0 Å². The van der Waals surface area contributed by atoms with Gasteiger partial charge >= 0.3 is 0 Å². The largest absolute Gasteiger partial charge is 0.481 e. The second-order valence-corrected chi connectivity index (χ2v) is 7.84. The summed E-state index contributed by atoms with van der Waals surface area (Å²) in [6.07, 6.45) is 3.21. The number of nitrogens with zero attached hydrogens (tertiary/aromatic N) is 2. The summed E-state index contributed by atoms with van der Waals surface area (Å²) in [5.74, 6) is 1.17. The molecule has 0 radical (unpaired) electrons. The highest BCUT2D eigenvalue weighted by Crippen LogP contribution is 2.27. The lowest BCUT2D eigenvalue weighted by atomic mass is 9.99. The standard InChI is InChI=1S/C21H31N3O3.ClH/c1-15-5-3-7-18(13-15)27-16(2)21(26)24-11-9-23(10-12-24)20(25)14-17-6-4-8-19(17)22;/h3,5,7,13,16-17,19H,4,6,8-12,14,22H2,1-2H3;1H/t16?,17-,19+;/m0./s1. The second-order valence-electron chi connectivity index (χ2n) is 7.84. The number of benzene rings is 1. The summed E-state index contributed by atoms with van der Waals surface area (Å²) >= 11 is 0. The van der Waals surface area contributed by atoms with E-state index in [-0.39, 0.29) is 30.3 Å². The van der Waals surface area contributed by atoms with Crippen molar-refractivity contribution < 1.29 is 14.3 Å². The van der Waals surface area contributed by atoms with Gasteiger partial charge in [-0.15, -0.1) is 12.4 Å². The molecule has 1 aliphatic heterocycles. The number of aryl methyl sites for hydroxylation is 1. The van der Waals surface area contributed by atoms with Gasteiger partial charge in [-0.1, -0.05) is 18.6 Å². The minimum absolute atomic E-state index is 0. The normalized spacial score (nSPS) is 23.1. The zero-order chi connectivity index (χ0) is 19.4. The van der Waals surface area contributed by atoms with E-state index in [1.807, 2.05) is 36.1 Å². The topological polar surface area (TPSA) is 75.9 Å². The van der Waals surface area contributed by atoms with Gasteiger partial charge in [0.15, 0.2) is 6.10 Å². The van der Waals surface area contributed by atoms with Crippen molar-refractivity contribution in [1.29, 1.82) is 0 Å². The number of nitrogens with two attached hydrogens (primary N) is 1. The fourth-order valence-corrected chi connectivity index (χ4v) is 4.05. The van der Waals surface area contributed by atoms with E-state index in [0.29, 0.717) is 44.3 Å². The van der Waals surface area contributed by atoms with Crippen molar-refractivity contribution in [2.75, 3.05) is 26.2 Å². The molecule has 3 rings (SSSR count). The average molecular weight is 410 g/mol. The summed E-state index contributed by atoms with van der Waals surface area (Å²) in [6.45, 7) is 6.07. The molecule has 1 unspecified atom stereocenters. The molecule has 6 nitrogen and oxygen atoms in total. The van der Waals surface area contributed by atoms with E-state index in [1.165, 1.54) is 0 Å². The fraction of sp³-hybridized carbons (Fsp3) is 0.619. The highest BCUT2D eigenvalue weighted by Gasteiger charge is 2.31. The van der Waals surface area contributed by atoms with E-state index in [2.05, 4.69) is 0 Å². The van der Waals surface area contributed by atoms with Crippen molar-refractivity contribution in [3.05, 3.63) is 29.8 Å². The summed E-state index contributed by atoms with van der Waals surface area (Å²) in [5.41, 5.74) is 7.19. The van der Waals surface area contributed by atoms with Gasteiger partial charge < -0.3 is 20.3 Å². The molecule has 0 bridgehead atoms. The Bertz CT molecular complexity index is 677. The molecule has 1 aliphatic carbocycles. The Morgan fingerprint density at radius 3 is 2.46 bits per heavy atom. The van der Waals surface area contributed by atoms with Gasteiger partial charge in [-0.3, -0.25) is 9.59 Å². The first-order valence-corrected chi connectivity index (χ1v) is 9.99. The number of hydrogen-bond donors (Lipinski definition) is 1. The molecule has 7 heteroatoms. The molecule has 28 heavy (non-hydrogen) atoms. The van der Waals surface area contributed by atoms with Gasteiger partial charge in [0.2, 0.25) is 5.91 Å². The minimum Gasteiger partial charge on any atom is -0.481 e. The summed E-state index contributed by atoms with van der Waals surface area (Å²) in [7, 11) is 0. The van der Waals surface area contributed by atoms with Crippen LogP contribution in [-0.2, 0) is 9.59 Å². The van der Waals surface area contributed by atoms with Gasteiger partial charge in [0, 0.05) is 38.6 Å². The van der Waals surface area contributed by atoms with Crippen molar-refractivity contribution in [3.63, 3.8) is 0 Å². The molecule has 2 N–H and O–H groups in total. The Morgan fingerprint density at radius 2 is 1.86 bits per heavy atom. The van der Waals surface area contributed by atoms with E-state index in [9.17, 15) is 9.59 Å². The van der Waals surface area contributed by atoms with Crippen molar-refractivity contribution in [2.45, 2.75) is 51.7 Å². The summed E-state index contributed by atoms with van der Waals surface area (Å²) < 4.78 is 5.80. The van der Waals surface area contributed by atoms with Crippen LogP contribution in [0, 0.1) is 12.8 Å². The number of hydrogen-bond acceptors (Lipinski definition) is 4. The van der Waals surface area contributed by atoms with E-state index in [0.717, 1.165) is 24.8 Å². The van der Waals surface area contributed by atoms with Crippen molar-refractivity contribution >= 4 is 24.2 Å². The highest BCUT2D eigenvalue weighted by molar-refractivity contribution is 5.85. The van der Waals surface area contributed by atoms with Crippen molar-refractivity contribution in [1.82, 2.24) is 9.80 Å². The van der Waals surface area contributed by atoms with Crippen LogP contribution in [0.15, 0.2) is 24.3 Å². The first-order chi connectivity index (χ1) is 12.9. The summed E-state index contributed by atoms with van der Waals surface area (Å²) in [4.78, 5) is 28.9. The first-order valence-electron chi connectivity index (χ1n) is 9.99. The van der Waals surface area contributed by atoms with Crippen LogP contribution in [0.1, 0.15) is 38.2 Å². The maximum absolute atomic E-state index is 12.7. The SMILES string of the molecule is Cc1cccc(OC(C)C(=O)N2CCN(C(=O)C[C@@H]3CCC[C@H]3N)CC2)c1.Cl. The zero-order valence-corrected chi connectivity index (χ0v) is 17.6. The number of carbonyl (C=O) groups is 2. The van der Waals surface area contributed by atoms with Crippen LogP contribution in [0.3, 0.4) is 0 Å². The molecule has 2 aliphatic rings. The van der Waals surface area contributed by atoms with Crippen LogP contribution in [-0.4, -0.2) is 59.9 Å². The average Bonchev–Trinajstić information content (AvgIpc) is 3.06. The van der Waals surface area contributed by atoms with E-state index < -0.39 is 6.10 Å². The summed E-state index contributed by atoms with van der Waals surface area (Å²) in [5, 5.41) is 0. The molecular weight excluding hydrogens is 378 g/mol. The Balaban J connectivity index is 0.00000280. The molecule has 1 aromatic rings. The van der Waals surface area contributed by atoms with Crippen LogP contribution in [0.25, 0.3) is 0 Å². The third-order valence-electron chi connectivity index (χ3n) is 5.75. The van der Waals surface area contributed by atoms with Crippen LogP contribution >= 0.6 is 12.4 Å². The molecule has 1 saturated carbocycles. The molecule has 2 fully saturated rings. The predicted molar refractivity (Wildman–Crippen MR) is 112 cm³/mol. The lowest BCUT2D eigenvalue weighted by Gasteiger charge is -2.36. The van der Waals surface area contributed by atoms with Gasteiger partial charge in [-0.2, -0.15) is 0 Å². The maximum Gasteiger partial charge on any atom is 0.263 e. The van der Waals surface area contributed by atoms with Gasteiger partial charge in [0.1, 0.15) is 5.75 Å². The van der Waals surface area contributed by atoms with Gasteiger partial charge in [0.25, 0.3) is 5.91 Å². The molecule has 1 aromatic carbocycles. The number of carbonyl (C=O) groups excluding carboxylic acids is 2. The second kappa shape index (κ2) is 10.1. The number of ether oxygens (including phenoxy) is 1. The summed E-state index contributed by atoms with van der Waals surface area (Å²) in [6, 6.07) is 7.86. The zero-order valence-electron chi connectivity index (χ0n) is 16.8. The molecule has 1 saturated heterocycles.